The molecule has 8 heteroatoms. The molecule has 0 saturated heterocycles. The van der Waals surface area contributed by atoms with Crippen molar-refractivity contribution in [3.8, 4) is 0 Å². The molecule has 106 valence electrons. The third-order valence-corrected chi connectivity index (χ3v) is 4.11. The van der Waals surface area contributed by atoms with Crippen molar-refractivity contribution in [3.63, 3.8) is 0 Å². The lowest BCUT2D eigenvalue weighted by atomic mass is 10.3. The first kappa shape index (κ1) is 14.5. The van der Waals surface area contributed by atoms with E-state index in [1.54, 1.807) is 19.2 Å². The number of sulfonamides is 1. The van der Waals surface area contributed by atoms with Gasteiger partial charge in [0.1, 0.15) is 5.82 Å². The van der Waals surface area contributed by atoms with Crippen molar-refractivity contribution >= 4 is 33.0 Å². The summed E-state index contributed by atoms with van der Waals surface area (Å²) in [6.07, 6.45) is 1.36. The van der Waals surface area contributed by atoms with Gasteiger partial charge in [0, 0.05) is 13.2 Å². The monoisotopic (exact) mass is 315 g/mol. The molecule has 0 spiro atoms. The van der Waals surface area contributed by atoms with Crippen LogP contribution in [0.15, 0.2) is 41.6 Å². The predicted molar refractivity (Wildman–Crippen MR) is 76.0 cm³/mol. The van der Waals surface area contributed by atoms with Gasteiger partial charge < -0.3 is 5.32 Å². The number of pyridine rings is 1. The molecule has 0 radical (unpaired) electrons. The van der Waals surface area contributed by atoms with Crippen molar-refractivity contribution in [2.45, 2.75) is 5.03 Å². The number of nitrogens with zero attached hydrogens (tertiary/aromatic N) is 1. The minimum atomic E-state index is -3.92. The van der Waals surface area contributed by atoms with E-state index in [0.29, 0.717) is 5.69 Å². The van der Waals surface area contributed by atoms with Gasteiger partial charge in [-0.05, 0) is 30.3 Å². The maximum atomic E-state index is 13.3. The fraction of sp³-hybridized carbons (Fsp3) is 0.0833. The summed E-state index contributed by atoms with van der Waals surface area (Å²) in [7, 11) is -2.34. The van der Waals surface area contributed by atoms with E-state index in [1.165, 1.54) is 18.3 Å². The molecular weight excluding hydrogens is 305 g/mol. The maximum Gasteiger partial charge on any atom is 0.281 e. The highest BCUT2D eigenvalue weighted by atomic mass is 35.5. The van der Waals surface area contributed by atoms with Gasteiger partial charge in [-0.15, -0.1) is 0 Å². The average molecular weight is 316 g/mol. The topological polar surface area (TPSA) is 71.1 Å². The Balaban J connectivity index is 2.38. The Morgan fingerprint density at radius 2 is 2.05 bits per heavy atom. The summed E-state index contributed by atoms with van der Waals surface area (Å²) in [5, 5.41) is 2.48. The van der Waals surface area contributed by atoms with Crippen molar-refractivity contribution in [1.82, 2.24) is 4.98 Å². The molecule has 0 fully saturated rings. The summed E-state index contributed by atoms with van der Waals surface area (Å²) in [6, 6.07) is 6.82. The fourth-order valence-electron chi connectivity index (χ4n) is 1.56. The molecule has 0 saturated carbocycles. The number of nitrogens with one attached hydrogen (secondary N) is 2. The molecule has 0 aliphatic rings. The third kappa shape index (κ3) is 3.00. The summed E-state index contributed by atoms with van der Waals surface area (Å²) >= 11 is 5.54. The molecule has 0 aliphatic carbocycles. The van der Waals surface area contributed by atoms with E-state index < -0.39 is 15.8 Å². The van der Waals surface area contributed by atoms with E-state index in [9.17, 15) is 12.8 Å². The minimum Gasteiger partial charge on any atom is -0.386 e. The normalized spacial score (nSPS) is 11.2. The van der Waals surface area contributed by atoms with Crippen LogP contribution in [-0.2, 0) is 10.0 Å². The zero-order valence-corrected chi connectivity index (χ0v) is 12.0. The standard InChI is InChI=1S/C12H11ClFN3O2S/c1-15-11-3-2-6-16-12(11)20(18,19)17-8-4-5-9(13)10(14)7-8/h2-7,15,17H,1H3. The first-order valence-electron chi connectivity index (χ1n) is 5.54. The van der Waals surface area contributed by atoms with Gasteiger partial charge in [-0.3, -0.25) is 4.72 Å². The molecule has 5 nitrogen and oxygen atoms in total. The van der Waals surface area contributed by atoms with Gasteiger partial charge in [-0.25, -0.2) is 9.37 Å². The molecule has 0 amide bonds. The van der Waals surface area contributed by atoms with Crippen molar-refractivity contribution in [3.05, 3.63) is 47.4 Å². The van der Waals surface area contributed by atoms with E-state index in [1.807, 2.05) is 0 Å². The molecule has 1 heterocycles. The van der Waals surface area contributed by atoms with Crippen LogP contribution < -0.4 is 10.0 Å². The number of benzene rings is 1. The van der Waals surface area contributed by atoms with Gasteiger partial charge in [-0.2, -0.15) is 8.42 Å². The van der Waals surface area contributed by atoms with Crippen molar-refractivity contribution in [2.24, 2.45) is 0 Å². The van der Waals surface area contributed by atoms with E-state index in [-0.39, 0.29) is 15.7 Å². The smallest absolute Gasteiger partial charge is 0.281 e. The SMILES string of the molecule is CNc1cccnc1S(=O)(=O)Nc1ccc(Cl)c(F)c1. The van der Waals surface area contributed by atoms with Crippen LogP contribution in [0.3, 0.4) is 0 Å². The van der Waals surface area contributed by atoms with E-state index >= 15 is 0 Å². The van der Waals surface area contributed by atoms with Crippen molar-refractivity contribution < 1.29 is 12.8 Å². The largest absolute Gasteiger partial charge is 0.386 e. The predicted octanol–water partition coefficient (Wildman–Crippen LogP) is 2.72. The molecule has 2 rings (SSSR count). The number of anilines is 2. The Labute approximate surface area is 120 Å². The molecule has 0 aliphatic heterocycles. The van der Waals surface area contributed by atoms with Crippen molar-refractivity contribution in [2.75, 3.05) is 17.1 Å². The van der Waals surface area contributed by atoms with E-state index in [0.717, 1.165) is 6.07 Å². The number of hydrogen-bond acceptors (Lipinski definition) is 4. The molecule has 0 bridgehead atoms. The highest BCUT2D eigenvalue weighted by Crippen LogP contribution is 2.23. The Hall–Kier alpha value is -1.86. The molecule has 2 N–H and O–H groups in total. The van der Waals surface area contributed by atoms with Gasteiger partial charge in [0.25, 0.3) is 10.0 Å². The number of aromatic nitrogens is 1. The second-order valence-electron chi connectivity index (χ2n) is 3.84. The van der Waals surface area contributed by atoms with Gasteiger partial charge in [0.2, 0.25) is 0 Å². The molecule has 20 heavy (non-hydrogen) atoms. The summed E-state index contributed by atoms with van der Waals surface area (Å²) in [4.78, 5) is 3.82. The molecule has 0 atom stereocenters. The third-order valence-electron chi connectivity index (χ3n) is 2.47. The number of halogens is 2. The highest BCUT2D eigenvalue weighted by molar-refractivity contribution is 7.92. The Bertz CT molecular complexity index is 737. The van der Waals surface area contributed by atoms with E-state index in [4.69, 9.17) is 11.6 Å². The lowest BCUT2D eigenvalue weighted by Gasteiger charge is -2.11. The van der Waals surface area contributed by atoms with Crippen LogP contribution in [0.4, 0.5) is 15.8 Å². The average Bonchev–Trinajstić information content (AvgIpc) is 2.42. The highest BCUT2D eigenvalue weighted by Gasteiger charge is 2.20. The minimum absolute atomic E-state index is 0.0691. The van der Waals surface area contributed by atoms with Gasteiger partial charge in [0.05, 0.1) is 16.4 Å². The summed E-state index contributed by atoms with van der Waals surface area (Å²) < 4.78 is 40.0. The molecular formula is C12H11ClFN3O2S. The van der Waals surface area contributed by atoms with Gasteiger partial charge in [0.15, 0.2) is 5.03 Å². The maximum absolute atomic E-state index is 13.3. The van der Waals surface area contributed by atoms with Crippen LogP contribution in [0.25, 0.3) is 0 Å². The number of rotatable bonds is 4. The lowest BCUT2D eigenvalue weighted by Crippen LogP contribution is -2.16. The fourth-order valence-corrected chi connectivity index (χ4v) is 2.87. The van der Waals surface area contributed by atoms with Crippen molar-refractivity contribution in [1.29, 1.82) is 0 Å². The van der Waals surface area contributed by atoms with Gasteiger partial charge in [-0.1, -0.05) is 11.6 Å². The number of hydrogen-bond donors (Lipinski definition) is 2. The lowest BCUT2D eigenvalue weighted by molar-refractivity contribution is 0.598. The van der Waals surface area contributed by atoms with Crippen LogP contribution in [0.2, 0.25) is 5.02 Å². The first-order chi connectivity index (χ1) is 9.44. The van der Waals surface area contributed by atoms with Gasteiger partial charge >= 0.3 is 0 Å². The zero-order valence-electron chi connectivity index (χ0n) is 10.4. The van der Waals surface area contributed by atoms with Crippen LogP contribution in [-0.4, -0.2) is 20.4 Å². The zero-order chi connectivity index (χ0) is 14.8. The van der Waals surface area contributed by atoms with E-state index in [2.05, 4.69) is 15.0 Å². The second-order valence-corrected chi connectivity index (χ2v) is 5.85. The van der Waals surface area contributed by atoms with Crippen LogP contribution in [0, 0.1) is 5.82 Å². The summed E-state index contributed by atoms with van der Waals surface area (Å²) in [5.74, 6) is -0.707. The van der Waals surface area contributed by atoms with Crippen LogP contribution in [0.1, 0.15) is 0 Å². The second kappa shape index (κ2) is 5.64. The Kier molecular flexibility index (Phi) is 4.10. The Morgan fingerprint density at radius 1 is 1.30 bits per heavy atom. The summed E-state index contributed by atoms with van der Waals surface area (Å²) in [6.45, 7) is 0. The Morgan fingerprint density at radius 3 is 2.70 bits per heavy atom. The molecule has 0 unspecified atom stereocenters. The van der Waals surface area contributed by atoms with Crippen LogP contribution >= 0.6 is 11.6 Å². The molecule has 1 aromatic heterocycles. The molecule has 1 aromatic carbocycles. The summed E-state index contributed by atoms with van der Waals surface area (Å²) in [5.41, 5.74) is 0.411. The van der Waals surface area contributed by atoms with Crippen LogP contribution in [0.5, 0.6) is 0 Å². The first-order valence-corrected chi connectivity index (χ1v) is 7.41. The molecule has 2 aromatic rings. The quantitative estimate of drug-likeness (QED) is 0.910.